The van der Waals surface area contributed by atoms with Crippen molar-refractivity contribution in [2.24, 2.45) is 10.9 Å². The van der Waals surface area contributed by atoms with Crippen molar-refractivity contribution >= 4 is 11.5 Å². The third kappa shape index (κ3) is 2.90. The molecule has 0 spiro atoms. The summed E-state index contributed by atoms with van der Waals surface area (Å²) < 4.78 is 0. The largest absolute Gasteiger partial charge is 0.409 e. The van der Waals surface area contributed by atoms with Gasteiger partial charge in [0.2, 0.25) is 0 Å². The van der Waals surface area contributed by atoms with Gasteiger partial charge in [-0.2, -0.15) is 0 Å². The van der Waals surface area contributed by atoms with E-state index >= 15 is 0 Å². The van der Waals surface area contributed by atoms with Crippen LogP contribution < -0.4 is 11.1 Å². The van der Waals surface area contributed by atoms with Gasteiger partial charge in [-0.3, -0.25) is 0 Å². The van der Waals surface area contributed by atoms with Crippen LogP contribution in [-0.4, -0.2) is 17.1 Å². The minimum Gasteiger partial charge on any atom is -0.409 e. The molecule has 0 bridgehead atoms. The Morgan fingerprint density at radius 2 is 2.24 bits per heavy atom. The topological polar surface area (TPSA) is 70.6 Å². The number of nitrogens with two attached hydrogens (primary N) is 1. The van der Waals surface area contributed by atoms with E-state index in [0.29, 0.717) is 6.42 Å². The van der Waals surface area contributed by atoms with Crippen molar-refractivity contribution in [1.82, 2.24) is 0 Å². The smallest absolute Gasteiger partial charge is 0.141 e. The molecule has 0 aliphatic heterocycles. The lowest BCUT2D eigenvalue weighted by Gasteiger charge is -2.15. The third-order valence-electron chi connectivity index (χ3n) is 3.16. The monoisotopic (exact) mass is 233 g/mol. The quantitative estimate of drug-likeness (QED) is 0.323. The van der Waals surface area contributed by atoms with Crippen molar-refractivity contribution < 1.29 is 5.21 Å². The summed E-state index contributed by atoms with van der Waals surface area (Å²) in [5.41, 5.74) is 9.51. The predicted molar refractivity (Wildman–Crippen MR) is 69.6 cm³/mol. The Balaban J connectivity index is 1.99. The molecule has 4 heteroatoms. The molecule has 1 aliphatic rings. The van der Waals surface area contributed by atoms with Crippen LogP contribution in [0.1, 0.15) is 30.9 Å². The number of amidine groups is 1. The van der Waals surface area contributed by atoms with Crippen LogP contribution in [0.5, 0.6) is 0 Å². The SMILES string of the molecule is CC(CC(N)=NO)Nc1ccc2c(c1)CCC2. The van der Waals surface area contributed by atoms with E-state index in [1.54, 1.807) is 0 Å². The Hall–Kier alpha value is -1.71. The molecule has 17 heavy (non-hydrogen) atoms. The minimum atomic E-state index is 0.158. The Labute approximate surface area is 102 Å². The number of nitrogens with one attached hydrogen (secondary N) is 1. The van der Waals surface area contributed by atoms with Gasteiger partial charge in [-0.05, 0) is 49.4 Å². The molecule has 4 nitrogen and oxygen atoms in total. The molecule has 1 atom stereocenters. The van der Waals surface area contributed by atoms with Gasteiger partial charge in [0.15, 0.2) is 0 Å². The summed E-state index contributed by atoms with van der Waals surface area (Å²) in [6, 6.07) is 6.67. The van der Waals surface area contributed by atoms with Crippen LogP contribution in [0.15, 0.2) is 23.4 Å². The Kier molecular flexibility index (Phi) is 3.52. The number of oxime groups is 1. The van der Waals surface area contributed by atoms with Crippen molar-refractivity contribution in [3.05, 3.63) is 29.3 Å². The maximum Gasteiger partial charge on any atom is 0.141 e. The highest BCUT2D eigenvalue weighted by atomic mass is 16.4. The van der Waals surface area contributed by atoms with Crippen LogP contribution in [0.3, 0.4) is 0 Å². The molecule has 0 aromatic heterocycles. The summed E-state index contributed by atoms with van der Waals surface area (Å²) in [5, 5.41) is 14.9. The van der Waals surface area contributed by atoms with Crippen LogP contribution in [0.25, 0.3) is 0 Å². The summed E-state index contributed by atoms with van der Waals surface area (Å²) in [6.07, 6.45) is 4.18. The number of aryl methyl sites for hydroxylation is 2. The maximum atomic E-state index is 8.51. The predicted octanol–water partition coefficient (Wildman–Crippen LogP) is 2.11. The molecule has 1 aromatic rings. The summed E-state index contributed by atoms with van der Waals surface area (Å²) in [5.74, 6) is 0.256. The number of hydrogen-bond acceptors (Lipinski definition) is 3. The van der Waals surface area contributed by atoms with Crippen LogP contribution in [-0.2, 0) is 12.8 Å². The Morgan fingerprint density at radius 3 is 3.00 bits per heavy atom. The van der Waals surface area contributed by atoms with E-state index in [1.807, 2.05) is 6.92 Å². The number of anilines is 1. The average Bonchev–Trinajstić information content (AvgIpc) is 2.75. The van der Waals surface area contributed by atoms with Crippen molar-refractivity contribution in [1.29, 1.82) is 0 Å². The van der Waals surface area contributed by atoms with Crippen molar-refractivity contribution in [2.75, 3.05) is 5.32 Å². The molecule has 0 amide bonds. The van der Waals surface area contributed by atoms with Gasteiger partial charge in [0.05, 0.1) is 0 Å². The average molecular weight is 233 g/mol. The first-order valence-corrected chi connectivity index (χ1v) is 6.04. The minimum absolute atomic E-state index is 0.158. The highest BCUT2D eigenvalue weighted by molar-refractivity contribution is 5.80. The number of nitrogens with zero attached hydrogens (tertiary/aromatic N) is 1. The zero-order valence-electron chi connectivity index (χ0n) is 10.1. The van der Waals surface area contributed by atoms with Gasteiger partial charge in [-0.15, -0.1) is 0 Å². The molecule has 1 unspecified atom stereocenters. The van der Waals surface area contributed by atoms with E-state index in [0.717, 1.165) is 5.69 Å². The lowest BCUT2D eigenvalue weighted by molar-refractivity contribution is 0.316. The third-order valence-corrected chi connectivity index (χ3v) is 3.16. The van der Waals surface area contributed by atoms with Crippen LogP contribution in [0.4, 0.5) is 5.69 Å². The van der Waals surface area contributed by atoms with E-state index in [2.05, 4.69) is 28.7 Å². The Bertz CT molecular complexity index is 429. The van der Waals surface area contributed by atoms with Gasteiger partial charge in [-0.1, -0.05) is 11.2 Å². The normalized spacial score (nSPS) is 16.6. The maximum absolute atomic E-state index is 8.51. The van der Waals surface area contributed by atoms with E-state index < -0.39 is 0 Å². The fourth-order valence-electron chi connectivity index (χ4n) is 2.35. The zero-order chi connectivity index (χ0) is 12.3. The van der Waals surface area contributed by atoms with E-state index in [9.17, 15) is 0 Å². The second-order valence-electron chi connectivity index (χ2n) is 4.68. The Morgan fingerprint density at radius 1 is 1.47 bits per heavy atom. The molecule has 0 radical (unpaired) electrons. The fraction of sp³-hybridized carbons (Fsp3) is 0.462. The van der Waals surface area contributed by atoms with Crippen molar-refractivity contribution in [2.45, 2.75) is 38.6 Å². The molecular weight excluding hydrogens is 214 g/mol. The lowest BCUT2D eigenvalue weighted by atomic mass is 10.1. The second-order valence-corrected chi connectivity index (χ2v) is 4.68. The van der Waals surface area contributed by atoms with Gasteiger partial charge in [0.1, 0.15) is 5.84 Å². The summed E-state index contributed by atoms with van der Waals surface area (Å²) in [6.45, 7) is 2.02. The molecule has 0 heterocycles. The summed E-state index contributed by atoms with van der Waals surface area (Å²) in [4.78, 5) is 0. The first-order valence-electron chi connectivity index (χ1n) is 6.04. The molecule has 1 aromatic carbocycles. The summed E-state index contributed by atoms with van der Waals surface area (Å²) >= 11 is 0. The zero-order valence-corrected chi connectivity index (χ0v) is 10.1. The van der Waals surface area contributed by atoms with Gasteiger partial charge in [-0.25, -0.2) is 0 Å². The van der Waals surface area contributed by atoms with Crippen molar-refractivity contribution in [3.8, 4) is 0 Å². The molecule has 0 saturated carbocycles. The first kappa shape index (κ1) is 11.8. The first-order chi connectivity index (χ1) is 8.19. The molecule has 1 aliphatic carbocycles. The molecule has 0 saturated heterocycles. The van der Waals surface area contributed by atoms with E-state index in [-0.39, 0.29) is 11.9 Å². The van der Waals surface area contributed by atoms with Crippen molar-refractivity contribution in [3.63, 3.8) is 0 Å². The molecular formula is C13H19N3O. The molecule has 2 rings (SSSR count). The number of fused-ring (bicyclic) bond motifs is 1. The fourth-order valence-corrected chi connectivity index (χ4v) is 2.35. The van der Waals surface area contributed by atoms with E-state index in [1.165, 1.54) is 30.4 Å². The van der Waals surface area contributed by atoms with Crippen LogP contribution in [0, 0.1) is 0 Å². The molecule has 0 fully saturated rings. The molecule has 4 N–H and O–H groups in total. The van der Waals surface area contributed by atoms with Gasteiger partial charge < -0.3 is 16.3 Å². The number of rotatable bonds is 4. The summed E-state index contributed by atoms with van der Waals surface area (Å²) in [7, 11) is 0. The lowest BCUT2D eigenvalue weighted by Crippen LogP contribution is -2.24. The van der Waals surface area contributed by atoms with Crippen LogP contribution in [0.2, 0.25) is 0 Å². The highest BCUT2D eigenvalue weighted by Crippen LogP contribution is 2.25. The number of benzene rings is 1. The molecule has 92 valence electrons. The van der Waals surface area contributed by atoms with E-state index in [4.69, 9.17) is 10.9 Å². The highest BCUT2D eigenvalue weighted by Gasteiger charge is 2.11. The van der Waals surface area contributed by atoms with Gasteiger partial charge in [0.25, 0.3) is 0 Å². The standard InChI is InChI=1S/C13H19N3O/c1-9(7-13(14)16-17)15-12-6-5-10-3-2-4-11(10)8-12/h5-6,8-9,15,17H,2-4,7H2,1H3,(H2,14,16). The second kappa shape index (κ2) is 5.08. The van der Waals surface area contributed by atoms with Crippen LogP contribution >= 0.6 is 0 Å². The number of hydrogen-bond donors (Lipinski definition) is 3. The van der Waals surface area contributed by atoms with Gasteiger partial charge in [0, 0.05) is 18.2 Å². The van der Waals surface area contributed by atoms with Gasteiger partial charge >= 0.3 is 0 Å².